The summed E-state index contributed by atoms with van der Waals surface area (Å²) < 4.78 is 15.5. The number of halogens is 1. The Morgan fingerprint density at radius 3 is 1.76 bits per heavy atom. The minimum atomic E-state index is -0.242. The maximum absolute atomic E-state index is 12.9. The van der Waals surface area contributed by atoms with E-state index in [0.717, 1.165) is 43.9 Å². The van der Waals surface area contributed by atoms with Gasteiger partial charge in [0.2, 0.25) is 0 Å². The van der Waals surface area contributed by atoms with Gasteiger partial charge in [0.15, 0.2) is 0 Å². The Labute approximate surface area is 297 Å². The molecule has 0 amide bonds. The Kier molecular flexibility index (Phi) is 12.3. The second kappa shape index (κ2) is 15.8. The molecule has 8 rings (SSSR count). The first-order valence-corrected chi connectivity index (χ1v) is 17.5. The van der Waals surface area contributed by atoms with Crippen molar-refractivity contribution in [1.29, 1.82) is 0 Å². The van der Waals surface area contributed by atoms with E-state index in [2.05, 4.69) is 19.9 Å². The molecule has 1 N–H and O–H groups in total. The average Bonchev–Trinajstić information content (AvgIpc) is 3.64. The summed E-state index contributed by atoms with van der Waals surface area (Å²) in [6, 6.07) is 3.55. The number of nitrogens with zero attached hydrogens (tertiary/aromatic N) is 5. The Balaban J connectivity index is 0.000000208. The van der Waals surface area contributed by atoms with Crippen molar-refractivity contribution in [2.45, 2.75) is 98.6 Å². The fourth-order valence-corrected chi connectivity index (χ4v) is 9.19. The lowest BCUT2D eigenvalue weighted by atomic mass is 9.95. The van der Waals surface area contributed by atoms with Crippen LogP contribution in [0.25, 0.3) is 40.9 Å². The Hall–Kier alpha value is -3.81. The number of hydrogen-bond donors (Lipinski definition) is 1. The summed E-state index contributed by atoms with van der Waals surface area (Å²) >= 11 is 8.65. The van der Waals surface area contributed by atoms with Crippen molar-refractivity contribution >= 4 is 75.1 Å². The summed E-state index contributed by atoms with van der Waals surface area (Å²) in [5.74, 6) is 1.06. The van der Waals surface area contributed by atoms with Crippen LogP contribution in [-0.2, 0) is 0 Å². The van der Waals surface area contributed by atoms with Gasteiger partial charge in [0.1, 0.15) is 46.7 Å². The molecule has 0 unspecified atom stereocenters. The maximum atomic E-state index is 12.9. The van der Waals surface area contributed by atoms with Crippen molar-refractivity contribution in [2.75, 3.05) is 14.2 Å². The number of ether oxygens (including phenoxy) is 2. The van der Waals surface area contributed by atoms with Gasteiger partial charge >= 0.3 is 0 Å². The van der Waals surface area contributed by atoms with Gasteiger partial charge in [-0.15, -0.1) is 22.7 Å². The van der Waals surface area contributed by atoms with E-state index in [4.69, 9.17) is 21.1 Å². The number of fused-ring (bicyclic) bond motifs is 6. The van der Waals surface area contributed by atoms with Crippen molar-refractivity contribution in [1.82, 2.24) is 29.1 Å². The van der Waals surface area contributed by atoms with Gasteiger partial charge in [-0.2, -0.15) is 0 Å². The molecule has 0 spiro atoms. The highest BCUT2D eigenvalue weighted by atomic mass is 35.5. The van der Waals surface area contributed by atoms with Gasteiger partial charge in [-0.25, -0.2) is 15.0 Å². The highest BCUT2D eigenvalue weighted by Gasteiger charge is 2.23. The van der Waals surface area contributed by atoms with Crippen LogP contribution in [0.3, 0.4) is 0 Å². The zero-order valence-corrected chi connectivity index (χ0v) is 27.9. The summed E-state index contributed by atoms with van der Waals surface area (Å²) in [5.41, 5.74) is 1.01. The summed E-state index contributed by atoms with van der Waals surface area (Å²) in [5, 5.41) is 1.83. The van der Waals surface area contributed by atoms with Crippen LogP contribution in [0.1, 0.15) is 98.6 Å². The number of hydrogen-bond acceptors (Lipinski definition) is 10. The number of rotatable bonds is 4. The van der Waals surface area contributed by atoms with Crippen LogP contribution in [-0.4, -0.2) is 43.3 Å². The lowest BCUT2D eigenvalue weighted by Gasteiger charge is -2.23. The minimum absolute atomic E-state index is 0. The zero-order chi connectivity index (χ0) is 31.9. The Morgan fingerprint density at radius 1 is 0.735 bits per heavy atom. The fourth-order valence-electron chi connectivity index (χ4n) is 6.78. The van der Waals surface area contributed by atoms with Crippen LogP contribution in [0.5, 0.6) is 11.5 Å². The molecule has 49 heavy (non-hydrogen) atoms. The largest absolute Gasteiger partial charge is 0.496 e. The number of pyridine rings is 2. The zero-order valence-electron chi connectivity index (χ0n) is 25.5. The molecule has 11 nitrogen and oxygen atoms in total. The quantitative estimate of drug-likeness (QED) is 0.178. The first kappa shape index (κ1) is 38.0. The van der Waals surface area contributed by atoms with Crippen LogP contribution in [0.4, 0.5) is 0 Å². The molecule has 0 atom stereocenters. The molecule has 264 valence electrons. The average molecular weight is 729 g/mol. The second-order valence-corrected chi connectivity index (χ2v) is 14.2. The van der Waals surface area contributed by atoms with Gasteiger partial charge in [0.05, 0.1) is 37.6 Å². The standard InChI is InChI=1S/C16H16ClN3O2S.C16H17N3O3S.3CH4/c1-22-10-7-11(17)19-15-12(10)13-14(23-15)16(21)20(8-18-13)9-5-3-2-4-6-9;1-22-10-7-11(20)18-15-12(10)13-14(23-15)16(21)19(8-17-13)9-5-3-2-4-6-9;;;/h7-9H,2-6H2,1H3;7-9H,2-6H2,1H3,(H,18,20);3*1H4. The molecule has 2 saturated carbocycles. The smallest absolute Gasteiger partial charge is 0.271 e. The molecule has 6 aromatic heterocycles. The molecule has 2 fully saturated rings. The van der Waals surface area contributed by atoms with Crippen LogP contribution < -0.4 is 26.2 Å². The minimum Gasteiger partial charge on any atom is -0.496 e. The highest BCUT2D eigenvalue weighted by molar-refractivity contribution is 7.25. The molecule has 0 aromatic carbocycles. The summed E-state index contributed by atoms with van der Waals surface area (Å²) in [4.78, 5) is 55.0. The number of aromatic nitrogens is 6. The van der Waals surface area contributed by atoms with Crippen LogP contribution in [0.15, 0.2) is 39.2 Å². The van der Waals surface area contributed by atoms with E-state index in [1.54, 1.807) is 35.0 Å². The monoisotopic (exact) mass is 728 g/mol. The number of methoxy groups -OCH3 is 2. The van der Waals surface area contributed by atoms with Crippen molar-refractivity contribution in [2.24, 2.45) is 0 Å². The SMILES string of the molecule is C.C.C.COc1cc(=O)[nH]c2sc3c(=O)n(C4CCCCC4)cnc3c12.COc1cc(Cl)nc2sc3c(=O)n(C4CCCCC4)cnc3c12. The third kappa shape index (κ3) is 6.98. The van der Waals surface area contributed by atoms with Gasteiger partial charge in [-0.05, 0) is 25.7 Å². The predicted molar refractivity (Wildman–Crippen MR) is 204 cm³/mol. The third-order valence-electron chi connectivity index (χ3n) is 9.05. The van der Waals surface area contributed by atoms with E-state index in [9.17, 15) is 14.4 Å². The van der Waals surface area contributed by atoms with Crippen LogP contribution in [0.2, 0.25) is 5.15 Å². The lowest BCUT2D eigenvalue weighted by molar-refractivity contribution is 0.345. The molecule has 0 saturated heterocycles. The molecule has 2 aliphatic rings. The maximum Gasteiger partial charge on any atom is 0.271 e. The van der Waals surface area contributed by atoms with Gasteiger partial charge in [0.25, 0.3) is 16.7 Å². The van der Waals surface area contributed by atoms with Crippen LogP contribution >= 0.6 is 34.3 Å². The number of aromatic amines is 1. The van der Waals surface area contributed by atoms with Crippen molar-refractivity contribution in [3.05, 3.63) is 61.0 Å². The van der Waals surface area contributed by atoms with E-state index in [1.165, 1.54) is 61.5 Å². The molecule has 6 aromatic rings. The van der Waals surface area contributed by atoms with Crippen molar-refractivity contribution < 1.29 is 9.47 Å². The Bertz CT molecular complexity index is 2260. The predicted octanol–water partition coefficient (Wildman–Crippen LogP) is 8.90. The van der Waals surface area contributed by atoms with Gasteiger partial charge in [0, 0.05) is 24.2 Å². The molecule has 2 aliphatic carbocycles. The number of thiophene rings is 2. The van der Waals surface area contributed by atoms with E-state index in [1.807, 2.05) is 0 Å². The topological polar surface area (TPSA) is 134 Å². The molecule has 6 heterocycles. The van der Waals surface area contributed by atoms with E-state index >= 15 is 0 Å². The van der Waals surface area contributed by atoms with Crippen molar-refractivity contribution in [3.63, 3.8) is 0 Å². The highest BCUT2D eigenvalue weighted by Crippen LogP contribution is 2.38. The fraction of sp³-hybridized carbons (Fsp3) is 0.486. The molecule has 0 radical (unpaired) electrons. The van der Waals surface area contributed by atoms with E-state index in [-0.39, 0.29) is 51.0 Å². The summed E-state index contributed by atoms with van der Waals surface area (Å²) in [6.45, 7) is 0. The van der Waals surface area contributed by atoms with Gasteiger partial charge in [-0.1, -0.05) is 72.4 Å². The van der Waals surface area contributed by atoms with Crippen molar-refractivity contribution in [3.8, 4) is 11.5 Å². The molecular weight excluding hydrogens is 684 g/mol. The normalized spacial score (nSPS) is 15.2. The van der Waals surface area contributed by atoms with Gasteiger partial charge in [-0.3, -0.25) is 23.5 Å². The number of H-pyrrole nitrogens is 1. The summed E-state index contributed by atoms with van der Waals surface area (Å²) in [6.07, 6.45) is 14.6. The number of nitrogens with one attached hydrogen (secondary N) is 1. The lowest BCUT2D eigenvalue weighted by Crippen LogP contribution is -2.26. The third-order valence-corrected chi connectivity index (χ3v) is 11.4. The molecule has 0 aliphatic heterocycles. The first-order valence-electron chi connectivity index (χ1n) is 15.5. The summed E-state index contributed by atoms with van der Waals surface area (Å²) in [7, 11) is 3.10. The van der Waals surface area contributed by atoms with Gasteiger partial charge < -0.3 is 14.5 Å². The van der Waals surface area contributed by atoms with E-state index in [0.29, 0.717) is 52.1 Å². The van der Waals surface area contributed by atoms with Crippen LogP contribution in [0, 0.1) is 0 Å². The molecular formula is C35H45ClN6O5S2. The first-order chi connectivity index (χ1) is 22.4. The molecule has 0 bridgehead atoms. The Morgan fingerprint density at radius 2 is 1.22 bits per heavy atom. The second-order valence-electron chi connectivity index (χ2n) is 11.8. The van der Waals surface area contributed by atoms with E-state index < -0.39 is 0 Å². The molecule has 14 heteroatoms.